The molecule has 9 nitrogen and oxygen atoms in total. The van der Waals surface area contributed by atoms with E-state index in [1.54, 1.807) is 13.1 Å². The second kappa shape index (κ2) is 12.0. The van der Waals surface area contributed by atoms with Gasteiger partial charge in [-0.2, -0.15) is 0 Å². The summed E-state index contributed by atoms with van der Waals surface area (Å²) < 4.78 is 11.0. The number of esters is 2. The fourth-order valence-electron chi connectivity index (χ4n) is 2.82. The maximum atomic E-state index is 12.7. The average molecular weight is 434 g/mol. The highest BCUT2D eigenvalue weighted by atomic mass is 31.0. The van der Waals surface area contributed by atoms with Gasteiger partial charge in [0.05, 0.1) is 25.8 Å². The molecule has 0 aliphatic heterocycles. The zero-order valence-electron chi connectivity index (χ0n) is 17.0. The first-order valence-corrected chi connectivity index (χ1v) is 10.1. The van der Waals surface area contributed by atoms with Crippen molar-refractivity contribution < 1.29 is 23.9 Å². The van der Waals surface area contributed by atoms with E-state index in [4.69, 9.17) is 4.74 Å². The predicted octanol–water partition coefficient (Wildman–Crippen LogP) is 1.47. The standard InChI is InChI=1S/C20H27N4O5P/c1-3-29-19(26)17(9-14-7-5-4-6-8-14)22-20(27)24-12-16(21-13-24)10-15(23-30)11-18(25)28-2/h4-8,12-13,15,17,23H,3,9-11,30H2,1-2H3,(H,22,27)/t15-,17+/m0/s1. The molecule has 2 aromatic rings. The molecular weight excluding hydrogens is 407 g/mol. The number of benzene rings is 1. The molecule has 1 amide bonds. The van der Waals surface area contributed by atoms with E-state index >= 15 is 0 Å². The summed E-state index contributed by atoms with van der Waals surface area (Å²) in [4.78, 5) is 40.7. The number of nitrogens with zero attached hydrogens (tertiary/aromatic N) is 2. The van der Waals surface area contributed by atoms with Crippen molar-refractivity contribution in [1.29, 1.82) is 0 Å². The summed E-state index contributed by atoms with van der Waals surface area (Å²) >= 11 is 0. The number of ether oxygens (including phenoxy) is 2. The molecule has 2 rings (SSSR count). The summed E-state index contributed by atoms with van der Waals surface area (Å²) in [6.07, 6.45) is 3.83. The predicted molar refractivity (Wildman–Crippen MR) is 114 cm³/mol. The van der Waals surface area contributed by atoms with Crippen molar-refractivity contribution >= 4 is 27.4 Å². The number of carbonyl (C=O) groups excluding carboxylic acids is 3. The molecule has 1 heterocycles. The Morgan fingerprint density at radius 1 is 1.20 bits per heavy atom. The van der Waals surface area contributed by atoms with Crippen molar-refractivity contribution in [2.45, 2.75) is 38.3 Å². The van der Waals surface area contributed by atoms with Gasteiger partial charge in [-0.1, -0.05) is 39.7 Å². The lowest BCUT2D eigenvalue weighted by Gasteiger charge is -2.17. The smallest absolute Gasteiger partial charge is 0.329 e. The molecule has 162 valence electrons. The molecule has 0 saturated carbocycles. The van der Waals surface area contributed by atoms with Crippen LogP contribution in [-0.4, -0.2) is 53.3 Å². The summed E-state index contributed by atoms with van der Waals surface area (Å²) in [6, 6.07) is 7.84. The number of nitrogens with one attached hydrogen (secondary N) is 2. The van der Waals surface area contributed by atoms with Gasteiger partial charge in [-0.05, 0) is 12.5 Å². The number of amides is 1. The molecule has 1 unspecified atom stereocenters. The topological polar surface area (TPSA) is 112 Å². The van der Waals surface area contributed by atoms with Gasteiger partial charge in [-0.25, -0.2) is 14.6 Å². The van der Waals surface area contributed by atoms with Crippen LogP contribution in [0.5, 0.6) is 0 Å². The van der Waals surface area contributed by atoms with Gasteiger partial charge in [0.15, 0.2) is 0 Å². The van der Waals surface area contributed by atoms with Crippen LogP contribution in [-0.2, 0) is 31.9 Å². The number of imidazole rings is 1. The zero-order valence-corrected chi connectivity index (χ0v) is 18.2. The third kappa shape index (κ3) is 7.24. The first kappa shape index (κ1) is 23.5. The highest BCUT2D eigenvalue weighted by Crippen LogP contribution is 2.08. The first-order valence-electron chi connectivity index (χ1n) is 9.54. The van der Waals surface area contributed by atoms with E-state index in [0.717, 1.165) is 5.56 Å². The zero-order chi connectivity index (χ0) is 21.9. The third-order valence-electron chi connectivity index (χ3n) is 4.35. The minimum absolute atomic E-state index is 0.168. The number of hydrogen-bond donors (Lipinski definition) is 2. The van der Waals surface area contributed by atoms with E-state index in [9.17, 15) is 14.4 Å². The molecular formula is C20H27N4O5P. The molecule has 1 aromatic carbocycles. The van der Waals surface area contributed by atoms with Crippen LogP contribution in [0, 0.1) is 0 Å². The number of hydrogen-bond acceptors (Lipinski definition) is 7. The minimum atomic E-state index is -0.827. The van der Waals surface area contributed by atoms with Crippen LogP contribution in [0.2, 0.25) is 0 Å². The number of rotatable bonds is 10. The molecule has 1 aromatic heterocycles. The number of carbonyl (C=O) groups is 3. The van der Waals surface area contributed by atoms with Gasteiger partial charge < -0.3 is 14.8 Å². The van der Waals surface area contributed by atoms with Gasteiger partial charge in [0.25, 0.3) is 0 Å². The SMILES string of the molecule is CCOC(=O)[C@@H](Cc1ccccc1)NC(=O)n1cnc(C[C@@H](CC(=O)OC)NP)c1. The Morgan fingerprint density at radius 2 is 1.93 bits per heavy atom. The lowest BCUT2D eigenvalue weighted by Crippen LogP contribution is -2.44. The average Bonchev–Trinajstić information content (AvgIpc) is 3.22. The second-order valence-corrected chi connectivity index (χ2v) is 6.90. The highest BCUT2D eigenvalue weighted by molar-refractivity contribution is 7.13. The second-order valence-electron chi connectivity index (χ2n) is 6.56. The van der Waals surface area contributed by atoms with Crippen LogP contribution < -0.4 is 10.4 Å². The van der Waals surface area contributed by atoms with Gasteiger partial charge in [-0.15, -0.1) is 0 Å². The maximum absolute atomic E-state index is 12.7. The van der Waals surface area contributed by atoms with Crippen molar-refractivity contribution in [3.8, 4) is 0 Å². The quantitative estimate of drug-likeness (QED) is 0.430. The van der Waals surface area contributed by atoms with Gasteiger partial charge >= 0.3 is 18.0 Å². The highest BCUT2D eigenvalue weighted by Gasteiger charge is 2.23. The van der Waals surface area contributed by atoms with Crippen molar-refractivity contribution in [3.63, 3.8) is 0 Å². The maximum Gasteiger partial charge on any atom is 0.329 e. The molecule has 30 heavy (non-hydrogen) atoms. The fraction of sp³-hybridized carbons (Fsp3) is 0.400. The van der Waals surface area contributed by atoms with E-state index < -0.39 is 18.0 Å². The van der Waals surface area contributed by atoms with Crippen molar-refractivity contribution in [2.24, 2.45) is 0 Å². The minimum Gasteiger partial charge on any atom is -0.469 e. The van der Waals surface area contributed by atoms with Gasteiger partial charge in [0, 0.05) is 25.1 Å². The summed E-state index contributed by atoms with van der Waals surface area (Å²) in [5, 5.41) is 5.65. The van der Waals surface area contributed by atoms with Crippen LogP contribution >= 0.6 is 9.39 Å². The fourth-order valence-corrected chi connectivity index (χ4v) is 3.05. The molecule has 0 spiro atoms. The molecule has 0 aliphatic rings. The molecule has 0 radical (unpaired) electrons. The summed E-state index contributed by atoms with van der Waals surface area (Å²) in [5.41, 5.74) is 1.52. The summed E-state index contributed by atoms with van der Waals surface area (Å²) in [6.45, 7) is 1.94. The van der Waals surface area contributed by atoms with Crippen LogP contribution in [0.15, 0.2) is 42.9 Å². The normalized spacial score (nSPS) is 12.6. The van der Waals surface area contributed by atoms with Crippen molar-refractivity contribution in [1.82, 2.24) is 20.0 Å². The van der Waals surface area contributed by atoms with E-state index in [-0.39, 0.29) is 25.0 Å². The number of methoxy groups -OCH3 is 1. The Bertz CT molecular complexity index is 843. The molecule has 2 N–H and O–H groups in total. The van der Waals surface area contributed by atoms with Crippen LogP contribution in [0.4, 0.5) is 4.79 Å². The molecule has 10 heteroatoms. The Labute approximate surface area is 177 Å². The lowest BCUT2D eigenvalue weighted by molar-refractivity contribution is -0.145. The molecule has 0 aliphatic carbocycles. The lowest BCUT2D eigenvalue weighted by atomic mass is 10.1. The summed E-state index contributed by atoms with van der Waals surface area (Å²) in [5.74, 6) is -0.842. The van der Waals surface area contributed by atoms with E-state index in [0.29, 0.717) is 18.5 Å². The van der Waals surface area contributed by atoms with Gasteiger partial charge in [0.1, 0.15) is 12.4 Å². The monoisotopic (exact) mass is 434 g/mol. The van der Waals surface area contributed by atoms with Gasteiger partial charge in [0.2, 0.25) is 0 Å². The van der Waals surface area contributed by atoms with E-state index in [1.807, 2.05) is 30.3 Å². The Balaban J connectivity index is 2.04. The summed E-state index contributed by atoms with van der Waals surface area (Å²) in [7, 11) is 3.69. The van der Waals surface area contributed by atoms with Gasteiger partial charge in [-0.3, -0.25) is 14.4 Å². The Hall–Kier alpha value is -2.77. The Morgan fingerprint density at radius 3 is 2.57 bits per heavy atom. The van der Waals surface area contributed by atoms with E-state index in [1.165, 1.54) is 18.0 Å². The van der Waals surface area contributed by atoms with Crippen molar-refractivity contribution in [2.75, 3.05) is 13.7 Å². The molecule has 0 bridgehead atoms. The van der Waals surface area contributed by atoms with E-state index in [2.05, 4.69) is 29.5 Å². The molecule has 0 fully saturated rings. The van der Waals surface area contributed by atoms with Crippen LogP contribution in [0.1, 0.15) is 24.6 Å². The Kier molecular flexibility index (Phi) is 9.44. The first-order chi connectivity index (χ1) is 14.5. The largest absolute Gasteiger partial charge is 0.469 e. The molecule has 3 atom stereocenters. The van der Waals surface area contributed by atoms with Crippen LogP contribution in [0.3, 0.4) is 0 Å². The van der Waals surface area contributed by atoms with Crippen LogP contribution in [0.25, 0.3) is 0 Å². The van der Waals surface area contributed by atoms with Crippen molar-refractivity contribution in [3.05, 3.63) is 54.1 Å². The molecule has 0 saturated heterocycles. The number of aromatic nitrogens is 2. The third-order valence-corrected chi connectivity index (χ3v) is 4.83.